The second kappa shape index (κ2) is 10.6. The molecule has 0 N–H and O–H groups in total. The second-order valence-electron chi connectivity index (χ2n) is 4.01. The van der Waals surface area contributed by atoms with Gasteiger partial charge in [0.25, 0.3) is 0 Å². The van der Waals surface area contributed by atoms with Crippen molar-refractivity contribution in [2.45, 2.75) is 58.8 Å². The van der Waals surface area contributed by atoms with Gasteiger partial charge in [0.2, 0.25) is 0 Å². The molecule has 0 amide bonds. The van der Waals surface area contributed by atoms with Gasteiger partial charge < -0.3 is 4.90 Å². The molecule has 0 aromatic rings. The Morgan fingerprint density at radius 2 is 1.57 bits per heavy atom. The van der Waals surface area contributed by atoms with E-state index in [9.17, 15) is 0 Å². The van der Waals surface area contributed by atoms with Gasteiger partial charge in [-0.25, -0.2) is 0 Å². The SMILES string of the molecule is CCCCCCCC/C=C/N(C)CC. The molecule has 1 nitrogen and oxygen atoms in total. The normalized spacial score (nSPS) is 11.1. The van der Waals surface area contributed by atoms with Crippen molar-refractivity contribution in [3.05, 3.63) is 12.3 Å². The van der Waals surface area contributed by atoms with Crippen LogP contribution in [-0.2, 0) is 0 Å². The minimum atomic E-state index is 1.10. The van der Waals surface area contributed by atoms with Gasteiger partial charge in [0.1, 0.15) is 0 Å². The maximum absolute atomic E-state index is 2.29. The Kier molecular flexibility index (Phi) is 10.3. The van der Waals surface area contributed by atoms with E-state index >= 15 is 0 Å². The molecule has 0 aliphatic rings. The molecule has 0 radical (unpaired) electrons. The number of hydrogen-bond acceptors (Lipinski definition) is 1. The van der Waals surface area contributed by atoms with Crippen LogP contribution in [0.1, 0.15) is 58.8 Å². The van der Waals surface area contributed by atoms with Crippen LogP contribution in [0, 0.1) is 0 Å². The standard InChI is InChI=1S/C13H27N/c1-4-6-7-8-9-10-11-12-13-14(3)5-2/h12-13H,4-11H2,1-3H3/b13-12+. The van der Waals surface area contributed by atoms with Gasteiger partial charge in [0.15, 0.2) is 0 Å². The summed E-state index contributed by atoms with van der Waals surface area (Å²) in [7, 11) is 2.12. The van der Waals surface area contributed by atoms with E-state index in [2.05, 4.69) is 38.1 Å². The third-order valence-corrected chi connectivity index (χ3v) is 2.58. The molecular weight excluding hydrogens is 170 g/mol. The predicted molar refractivity (Wildman–Crippen MR) is 65.4 cm³/mol. The first-order chi connectivity index (χ1) is 6.81. The second-order valence-corrected chi connectivity index (χ2v) is 4.01. The summed E-state index contributed by atoms with van der Waals surface area (Å²) in [5.41, 5.74) is 0. The Bertz CT molecular complexity index is 129. The minimum Gasteiger partial charge on any atom is -0.381 e. The zero-order valence-electron chi connectivity index (χ0n) is 10.3. The van der Waals surface area contributed by atoms with E-state index in [1.165, 1.54) is 44.9 Å². The summed E-state index contributed by atoms with van der Waals surface area (Å²) in [6, 6.07) is 0. The molecule has 0 aromatic carbocycles. The van der Waals surface area contributed by atoms with Crippen molar-refractivity contribution in [3.63, 3.8) is 0 Å². The Hall–Kier alpha value is -0.460. The van der Waals surface area contributed by atoms with Crippen LogP contribution >= 0.6 is 0 Å². The monoisotopic (exact) mass is 197 g/mol. The van der Waals surface area contributed by atoms with Gasteiger partial charge in [-0.1, -0.05) is 45.1 Å². The van der Waals surface area contributed by atoms with Crippen molar-refractivity contribution in [2.24, 2.45) is 0 Å². The van der Waals surface area contributed by atoms with Gasteiger partial charge in [-0.15, -0.1) is 0 Å². The van der Waals surface area contributed by atoms with Crippen molar-refractivity contribution in [1.82, 2.24) is 4.90 Å². The maximum atomic E-state index is 2.29. The Morgan fingerprint density at radius 1 is 0.929 bits per heavy atom. The fraction of sp³-hybridized carbons (Fsp3) is 0.846. The highest BCUT2D eigenvalue weighted by molar-refractivity contribution is 4.79. The van der Waals surface area contributed by atoms with Gasteiger partial charge in [0, 0.05) is 13.6 Å². The third-order valence-electron chi connectivity index (χ3n) is 2.58. The van der Waals surface area contributed by atoms with E-state index in [-0.39, 0.29) is 0 Å². The van der Waals surface area contributed by atoms with Crippen LogP contribution in [-0.4, -0.2) is 18.5 Å². The molecule has 0 heterocycles. The Labute approximate surface area is 90.2 Å². The van der Waals surface area contributed by atoms with E-state index in [4.69, 9.17) is 0 Å². The number of nitrogens with zero attached hydrogens (tertiary/aromatic N) is 1. The van der Waals surface area contributed by atoms with Crippen LogP contribution < -0.4 is 0 Å². The van der Waals surface area contributed by atoms with Crippen molar-refractivity contribution in [1.29, 1.82) is 0 Å². The zero-order chi connectivity index (χ0) is 10.6. The predicted octanol–water partition coefficient (Wildman–Crippen LogP) is 4.20. The lowest BCUT2D eigenvalue weighted by Gasteiger charge is -2.08. The van der Waals surface area contributed by atoms with Crippen molar-refractivity contribution in [3.8, 4) is 0 Å². The molecular formula is C13H27N. The van der Waals surface area contributed by atoms with Crippen LogP contribution in [0.4, 0.5) is 0 Å². The number of allylic oxidation sites excluding steroid dienone is 1. The Balaban J connectivity index is 3.09. The number of hydrogen-bond donors (Lipinski definition) is 0. The Morgan fingerprint density at radius 3 is 2.21 bits per heavy atom. The highest BCUT2D eigenvalue weighted by Crippen LogP contribution is 2.07. The third kappa shape index (κ3) is 9.63. The number of unbranched alkanes of at least 4 members (excludes halogenated alkanes) is 6. The molecule has 0 rings (SSSR count). The summed E-state index contributed by atoms with van der Waals surface area (Å²) < 4.78 is 0. The van der Waals surface area contributed by atoms with Crippen molar-refractivity contribution >= 4 is 0 Å². The largest absolute Gasteiger partial charge is 0.381 e. The highest BCUT2D eigenvalue weighted by Gasteiger charge is 1.88. The quantitative estimate of drug-likeness (QED) is 0.501. The summed E-state index contributed by atoms with van der Waals surface area (Å²) in [6.45, 7) is 5.55. The van der Waals surface area contributed by atoms with E-state index in [1.807, 2.05) is 0 Å². The first-order valence-electron chi connectivity index (χ1n) is 6.18. The molecule has 0 unspecified atom stereocenters. The average Bonchev–Trinajstić information content (AvgIpc) is 2.21. The molecule has 14 heavy (non-hydrogen) atoms. The van der Waals surface area contributed by atoms with E-state index in [1.54, 1.807) is 0 Å². The number of rotatable bonds is 9. The van der Waals surface area contributed by atoms with E-state index < -0.39 is 0 Å². The summed E-state index contributed by atoms with van der Waals surface area (Å²) in [5, 5.41) is 0. The summed E-state index contributed by atoms with van der Waals surface area (Å²) in [4.78, 5) is 2.22. The molecule has 0 aliphatic heterocycles. The average molecular weight is 197 g/mol. The van der Waals surface area contributed by atoms with Crippen molar-refractivity contribution < 1.29 is 0 Å². The van der Waals surface area contributed by atoms with Gasteiger partial charge in [-0.05, 0) is 26.0 Å². The van der Waals surface area contributed by atoms with Crippen LogP contribution in [0.15, 0.2) is 12.3 Å². The van der Waals surface area contributed by atoms with Gasteiger partial charge in [-0.2, -0.15) is 0 Å². The van der Waals surface area contributed by atoms with Crippen LogP contribution in [0.25, 0.3) is 0 Å². The van der Waals surface area contributed by atoms with Crippen LogP contribution in [0.2, 0.25) is 0 Å². The molecule has 0 atom stereocenters. The highest BCUT2D eigenvalue weighted by atomic mass is 15.1. The fourth-order valence-electron chi connectivity index (χ4n) is 1.40. The first kappa shape index (κ1) is 13.5. The first-order valence-corrected chi connectivity index (χ1v) is 6.18. The fourth-order valence-corrected chi connectivity index (χ4v) is 1.40. The molecule has 1 heteroatoms. The van der Waals surface area contributed by atoms with Gasteiger partial charge in [-0.3, -0.25) is 0 Å². The molecule has 0 bridgehead atoms. The lowest BCUT2D eigenvalue weighted by atomic mass is 10.1. The summed E-state index contributed by atoms with van der Waals surface area (Å²) >= 11 is 0. The van der Waals surface area contributed by atoms with Crippen molar-refractivity contribution in [2.75, 3.05) is 13.6 Å². The molecule has 0 fully saturated rings. The van der Waals surface area contributed by atoms with Crippen LogP contribution in [0.5, 0.6) is 0 Å². The van der Waals surface area contributed by atoms with Gasteiger partial charge in [0.05, 0.1) is 0 Å². The summed E-state index contributed by atoms with van der Waals surface area (Å²) in [5.74, 6) is 0. The molecule has 0 saturated carbocycles. The van der Waals surface area contributed by atoms with Crippen LogP contribution in [0.3, 0.4) is 0 Å². The van der Waals surface area contributed by atoms with E-state index in [0.717, 1.165) is 6.54 Å². The summed E-state index contributed by atoms with van der Waals surface area (Å²) in [6.07, 6.45) is 14.1. The topological polar surface area (TPSA) is 3.24 Å². The molecule has 0 saturated heterocycles. The molecule has 84 valence electrons. The smallest absolute Gasteiger partial charge is 0.0140 e. The molecule has 0 spiro atoms. The lowest BCUT2D eigenvalue weighted by molar-refractivity contribution is 0.481. The van der Waals surface area contributed by atoms with Gasteiger partial charge >= 0.3 is 0 Å². The van der Waals surface area contributed by atoms with E-state index in [0.29, 0.717) is 0 Å². The maximum Gasteiger partial charge on any atom is 0.0140 e. The molecule has 0 aliphatic carbocycles. The molecule has 0 aromatic heterocycles. The zero-order valence-corrected chi connectivity index (χ0v) is 10.3. The minimum absolute atomic E-state index is 1.10. The lowest BCUT2D eigenvalue weighted by Crippen LogP contribution is -2.08.